The molecule has 0 radical (unpaired) electrons. The fourth-order valence-electron chi connectivity index (χ4n) is 4.07. The lowest BCUT2D eigenvalue weighted by molar-refractivity contribution is -0.154. The molecule has 1 amide bonds. The number of ether oxygens (including phenoxy) is 2. The molecule has 2 aliphatic heterocycles. The van der Waals surface area contributed by atoms with Gasteiger partial charge in [0.15, 0.2) is 6.61 Å². The molecule has 0 aliphatic carbocycles. The Morgan fingerprint density at radius 2 is 2.00 bits per heavy atom. The van der Waals surface area contributed by atoms with Crippen molar-refractivity contribution in [3.8, 4) is 5.75 Å². The van der Waals surface area contributed by atoms with Gasteiger partial charge < -0.3 is 19.5 Å². The number of morpholine rings is 1. The van der Waals surface area contributed by atoms with E-state index in [0.717, 1.165) is 31.5 Å². The van der Waals surface area contributed by atoms with Gasteiger partial charge in [-0.15, -0.1) is 0 Å². The lowest BCUT2D eigenvalue weighted by atomic mass is 9.86. The van der Waals surface area contributed by atoms with E-state index in [1.807, 2.05) is 24.1 Å². The van der Waals surface area contributed by atoms with Crippen LogP contribution in [0.25, 0.3) is 0 Å². The van der Waals surface area contributed by atoms with Crippen molar-refractivity contribution >= 4 is 11.9 Å². The van der Waals surface area contributed by atoms with E-state index in [9.17, 15) is 9.59 Å². The van der Waals surface area contributed by atoms with E-state index in [4.69, 9.17) is 14.6 Å². The molecule has 2 aliphatic rings. The number of carbonyl (C=O) groups is 2. The van der Waals surface area contributed by atoms with Crippen LogP contribution in [0.5, 0.6) is 5.75 Å². The molecule has 1 aromatic rings. The highest BCUT2D eigenvalue weighted by Gasteiger charge is 2.36. The predicted octanol–water partition coefficient (Wildman–Crippen LogP) is 2.27. The Morgan fingerprint density at radius 3 is 2.69 bits per heavy atom. The maximum atomic E-state index is 12.0. The normalized spacial score (nSPS) is 23.4. The Kier molecular flexibility index (Phi) is 6.49. The Morgan fingerprint density at radius 1 is 1.28 bits per heavy atom. The average molecular weight is 405 g/mol. The molecule has 1 N–H and O–H groups in total. The summed E-state index contributed by atoms with van der Waals surface area (Å²) in [4.78, 5) is 27.1. The van der Waals surface area contributed by atoms with Crippen LogP contribution in [0.4, 0.5) is 0 Å². The lowest BCUT2D eigenvalue weighted by Gasteiger charge is -2.37. The van der Waals surface area contributed by atoms with E-state index < -0.39 is 5.97 Å². The maximum absolute atomic E-state index is 12.0. The average Bonchev–Trinajstić information content (AvgIpc) is 2.86. The topological polar surface area (TPSA) is 79.3 Å². The summed E-state index contributed by atoms with van der Waals surface area (Å²) < 4.78 is 11.3. The van der Waals surface area contributed by atoms with Crippen LogP contribution in [-0.2, 0) is 26.3 Å². The minimum atomic E-state index is -0.987. The molecular formula is C22H32N2O5. The largest absolute Gasteiger partial charge is 0.482 e. The molecule has 7 nitrogen and oxygen atoms in total. The van der Waals surface area contributed by atoms with Gasteiger partial charge in [0.1, 0.15) is 12.4 Å². The smallest absolute Gasteiger partial charge is 0.341 e. The molecule has 0 unspecified atom stereocenters. The second-order valence-corrected chi connectivity index (χ2v) is 9.03. The van der Waals surface area contributed by atoms with Crippen molar-refractivity contribution in [3.63, 3.8) is 0 Å². The number of benzene rings is 1. The van der Waals surface area contributed by atoms with Crippen LogP contribution in [0.15, 0.2) is 18.2 Å². The van der Waals surface area contributed by atoms with Gasteiger partial charge in [-0.25, -0.2) is 4.79 Å². The van der Waals surface area contributed by atoms with E-state index in [2.05, 4.69) is 31.7 Å². The first-order valence-electron chi connectivity index (χ1n) is 10.2. The maximum Gasteiger partial charge on any atom is 0.341 e. The van der Waals surface area contributed by atoms with Gasteiger partial charge in [-0.1, -0.05) is 32.9 Å². The summed E-state index contributed by atoms with van der Waals surface area (Å²) in [5.74, 6) is -0.327. The first-order chi connectivity index (χ1) is 13.6. The van der Waals surface area contributed by atoms with Crippen LogP contribution in [0.1, 0.15) is 44.7 Å². The minimum Gasteiger partial charge on any atom is -0.482 e. The lowest BCUT2D eigenvalue weighted by Crippen LogP contribution is -2.52. The SMILES string of the molecule is CN1C(=O)CO[C@H]2CCN(Cc3cc(C(C)(C)C)ccc3OCC(=O)O)CC[C@@H]21. The van der Waals surface area contributed by atoms with Crippen LogP contribution in [0, 0.1) is 0 Å². The highest BCUT2D eigenvalue weighted by Crippen LogP contribution is 2.30. The number of carboxylic acid groups (broad SMARTS) is 1. The van der Waals surface area contributed by atoms with Crippen LogP contribution in [0.2, 0.25) is 0 Å². The van der Waals surface area contributed by atoms with E-state index >= 15 is 0 Å². The molecular weight excluding hydrogens is 372 g/mol. The third kappa shape index (κ3) is 5.28. The summed E-state index contributed by atoms with van der Waals surface area (Å²) in [6.45, 7) is 8.67. The molecule has 2 saturated heterocycles. The van der Waals surface area contributed by atoms with Gasteiger partial charge in [-0.3, -0.25) is 9.69 Å². The number of hydrogen-bond donors (Lipinski definition) is 1. The Bertz CT molecular complexity index is 758. The zero-order valence-corrected chi connectivity index (χ0v) is 17.8. The summed E-state index contributed by atoms with van der Waals surface area (Å²) in [6.07, 6.45) is 1.80. The molecule has 2 atom stereocenters. The van der Waals surface area contributed by atoms with Crippen LogP contribution < -0.4 is 4.74 Å². The summed E-state index contributed by atoms with van der Waals surface area (Å²) in [6, 6.07) is 6.13. The molecule has 160 valence electrons. The molecule has 0 aromatic heterocycles. The molecule has 3 rings (SSSR count). The Hall–Kier alpha value is -2.12. The minimum absolute atomic E-state index is 0.00920. The standard InChI is InChI=1S/C22H32N2O5/c1-22(2,3)16-5-6-18(29-14-21(26)27)15(11-16)12-24-9-7-17-19(8-10-24)28-13-20(25)23(17)4/h5-6,11,17,19H,7-10,12-14H2,1-4H3,(H,26,27)/t17-,19-/m0/s1. The van der Waals surface area contributed by atoms with Crippen LogP contribution in [-0.4, -0.2) is 72.3 Å². The van der Waals surface area contributed by atoms with Crippen molar-refractivity contribution < 1.29 is 24.2 Å². The third-order valence-electron chi connectivity index (χ3n) is 5.88. The molecule has 7 heteroatoms. The molecule has 1 aromatic carbocycles. The molecule has 0 bridgehead atoms. The number of amides is 1. The van der Waals surface area contributed by atoms with Crippen molar-refractivity contribution in [1.29, 1.82) is 0 Å². The zero-order valence-electron chi connectivity index (χ0n) is 17.8. The van der Waals surface area contributed by atoms with Crippen molar-refractivity contribution in [1.82, 2.24) is 9.80 Å². The van der Waals surface area contributed by atoms with E-state index in [1.165, 1.54) is 5.56 Å². The Balaban J connectivity index is 1.76. The summed E-state index contributed by atoms with van der Waals surface area (Å²) in [7, 11) is 1.86. The predicted molar refractivity (Wildman–Crippen MR) is 109 cm³/mol. The van der Waals surface area contributed by atoms with Gasteiger partial charge in [0.05, 0.1) is 12.1 Å². The first-order valence-corrected chi connectivity index (χ1v) is 10.2. The fraction of sp³-hybridized carbons (Fsp3) is 0.636. The van der Waals surface area contributed by atoms with E-state index in [1.54, 1.807) is 0 Å². The van der Waals surface area contributed by atoms with Gasteiger partial charge in [0.25, 0.3) is 0 Å². The van der Waals surface area contributed by atoms with E-state index in [-0.39, 0.29) is 36.7 Å². The fourth-order valence-corrected chi connectivity index (χ4v) is 4.07. The molecule has 0 spiro atoms. The van der Waals surface area contributed by atoms with E-state index in [0.29, 0.717) is 12.3 Å². The molecule has 29 heavy (non-hydrogen) atoms. The van der Waals surface area contributed by atoms with Gasteiger partial charge >= 0.3 is 5.97 Å². The number of carboxylic acids is 1. The number of fused-ring (bicyclic) bond motifs is 1. The van der Waals surface area contributed by atoms with Crippen molar-refractivity contribution in [3.05, 3.63) is 29.3 Å². The van der Waals surface area contributed by atoms with Crippen molar-refractivity contribution in [2.24, 2.45) is 0 Å². The van der Waals surface area contributed by atoms with Gasteiger partial charge in [0.2, 0.25) is 5.91 Å². The number of likely N-dealkylation sites (N-methyl/N-ethyl adjacent to an activating group) is 1. The highest BCUT2D eigenvalue weighted by atomic mass is 16.5. The molecule has 0 saturated carbocycles. The first kappa shape index (κ1) is 21.6. The number of nitrogens with zero attached hydrogens (tertiary/aromatic N) is 2. The summed E-state index contributed by atoms with van der Waals surface area (Å²) in [5, 5.41) is 8.99. The zero-order chi connectivity index (χ0) is 21.2. The summed E-state index contributed by atoms with van der Waals surface area (Å²) >= 11 is 0. The van der Waals surface area contributed by atoms with Crippen LogP contribution in [0.3, 0.4) is 0 Å². The van der Waals surface area contributed by atoms with Crippen LogP contribution >= 0.6 is 0 Å². The summed E-state index contributed by atoms with van der Waals surface area (Å²) in [5.41, 5.74) is 2.17. The van der Waals surface area contributed by atoms with Crippen molar-refractivity contribution in [2.75, 3.05) is 33.4 Å². The number of rotatable bonds is 5. The second-order valence-electron chi connectivity index (χ2n) is 9.03. The number of carbonyl (C=O) groups excluding carboxylic acids is 1. The van der Waals surface area contributed by atoms with Gasteiger partial charge in [-0.05, 0) is 29.9 Å². The number of likely N-dealkylation sites (tertiary alicyclic amines) is 1. The van der Waals surface area contributed by atoms with Gasteiger partial charge in [-0.2, -0.15) is 0 Å². The Labute approximate surface area is 172 Å². The third-order valence-corrected chi connectivity index (χ3v) is 5.88. The second kappa shape index (κ2) is 8.71. The van der Waals surface area contributed by atoms with Crippen molar-refractivity contribution in [2.45, 2.75) is 57.7 Å². The quantitative estimate of drug-likeness (QED) is 0.811. The van der Waals surface area contributed by atoms with Gasteiger partial charge in [0, 0.05) is 32.2 Å². The number of hydrogen-bond acceptors (Lipinski definition) is 5. The molecule has 2 heterocycles. The monoisotopic (exact) mass is 404 g/mol. The number of aliphatic carboxylic acids is 1. The molecule has 2 fully saturated rings. The highest BCUT2D eigenvalue weighted by molar-refractivity contribution is 5.78.